The van der Waals surface area contributed by atoms with Gasteiger partial charge in [0, 0.05) is 30.9 Å². The highest BCUT2D eigenvalue weighted by Gasteiger charge is 2.29. The molecule has 1 atom stereocenters. The quantitative estimate of drug-likeness (QED) is 0.684. The number of Topliss-reactive ketones (excluding diaryl/α,β-unsaturated/α-hetero) is 1. The van der Waals surface area contributed by atoms with Crippen LogP contribution in [0, 0.1) is 0 Å². The van der Waals surface area contributed by atoms with E-state index in [9.17, 15) is 9.59 Å². The Morgan fingerprint density at radius 2 is 1.86 bits per heavy atom. The lowest BCUT2D eigenvalue weighted by Crippen LogP contribution is -2.55. The fourth-order valence-electron chi connectivity index (χ4n) is 2.42. The normalized spacial score (nSPS) is 18.9. The molecule has 1 unspecified atom stereocenters. The van der Waals surface area contributed by atoms with E-state index in [1.54, 1.807) is 6.92 Å². The molecular weight excluding hydrogens is 280 g/mol. The van der Waals surface area contributed by atoms with E-state index in [1.165, 1.54) is 0 Å². The number of anilines is 1. The number of hydrogen-bond acceptors (Lipinski definition) is 5. The first-order valence-corrected chi connectivity index (χ1v) is 7.58. The van der Waals surface area contributed by atoms with Crippen LogP contribution >= 0.6 is 0 Å². The summed E-state index contributed by atoms with van der Waals surface area (Å²) in [5.41, 5.74) is 1.23. The second kappa shape index (κ2) is 6.48. The second-order valence-electron chi connectivity index (χ2n) is 6.59. The number of nitrogens with one attached hydrogen (secondary N) is 1. The minimum atomic E-state index is -0.482. The highest BCUT2D eigenvalue weighted by molar-refractivity contribution is 5.94. The number of hydrogen-bond donors (Lipinski definition) is 1. The van der Waals surface area contributed by atoms with Crippen molar-refractivity contribution >= 4 is 17.4 Å². The number of piperazine rings is 1. The summed E-state index contributed by atoms with van der Waals surface area (Å²) < 4.78 is 5.44. The van der Waals surface area contributed by atoms with E-state index in [-0.39, 0.29) is 17.8 Å². The Balaban J connectivity index is 2.04. The molecule has 5 nitrogen and oxygen atoms in total. The number of esters is 1. The van der Waals surface area contributed by atoms with Crippen LogP contribution in [0.2, 0.25) is 0 Å². The van der Waals surface area contributed by atoms with Gasteiger partial charge in [-0.3, -0.25) is 9.59 Å². The number of nitrogens with zero attached hydrogens (tertiary/aromatic N) is 1. The van der Waals surface area contributed by atoms with Crippen molar-refractivity contribution in [2.24, 2.45) is 0 Å². The topological polar surface area (TPSA) is 58.6 Å². The lowest BCUT2D eigenvalue weighted by Gasteiger charge is -2.35. The molecule has 1 N–H and O–H groups in total. The zero-order valence-electron chi connectivity index (χ0n) is 13.7. The minimum Gasteiger partial charge on any atom is -0.459 e. The maximum Gasteiger partial charge on any atom is 0.325 e. The SMILES string of the molecule is CC(=O)c1ccc(N2CCNC(C(=O)OC(C)(C)C)C2)cc1. The van der Waals surface area contributed by atoms with Crippen LogP contribution in [0.4, 0.5) is 5.69 Å². The van der Waals surface area contributed by atoms with Crippen molar-refractivity contribution < 1.29 is 14.3 Å². The van der Waals surface area contributed by atoms with Crippen molar-refractivity contribution in [3.05, 3.63) is 29.8 Å². The molecule has 1 aromatic carbocycles. The first-order chi connectivity index (χ1) is 10.3. The molecule has 0 spiro atoms. The Bertz CT molecular complexity index is 546. The van der Waals surface area contributed by atoms with Gasteiger partial charge in [-0.1, -0.05) is 0 Å². The zero-order chi connectivity index (χ0) is 16.3. The summed E-state index contributed by atoms with van der Waals surface area (Å²) in [4.78, 5) is 25.6. The molecule has 5 heteroatoms. The summed E-state index contributed by atoms with van der Waals surface area (Å²) in [6.07, 6.45) is 0. The minimum absolute atomic E-state index is 0.0542. The Labute approximate surface area is 131 Å². The summed E-state index contributed by atoms with van der Waals surface area (Å²) in [5, 5.41) is 3.20. The van der Waals surface area contributed by atoms with Crippen LogP contribution in [-0.2, 0) is 9.53 Å². The highest BCUT2D eigenvalue weighted by Crippen LogP contribution is 2.18. The fourth-order valence-corrected chi connectivity index (χ4v) is 2.42. The van der Waals surface area contributed by atoms with Crippen molar-refractivity contribution in [2.75, 3.05) is 24.5 Å². The van der Waals surface area contributed by atoms with Gasteiger partial charge in [-0.25, -0.2) is 0 Å². The molecule has 1 heterocycles. The third-order valence-electron chi connectivity index (χ3n) is 3.51. The van der Waals surface area contributed by atoms with E-state index < -0.39 is 5.60 Å². The van der Waals surface area contributed by atoms with E-state index in [2.05, 4.69) is 10.2 Å². The Kier molecular flexibility index (Phi) is 4.86. The average molecular weight is 304 g/mol. The van der Waals surface area contributed by atoms with Crippen LogP contribution in [0.25, 0.3) is 0 Å². The smallest absolute Gasteiger partial charge is 0.325 e. The molecular formula is C17H24N2O3. The van der Waals surface area contributed by atoms with E-state index in [1.807, 2.05) is 45.0 Å². The molecule has 2 rings (SSSR count). The number of ether oxygens (including phenoxy) is 1. The zero-order valence-corrected chi connectivity index (χ0v) is 13.7. The van der Waals surface area contributed by atoms with Gasteiger partial charge in [0.15, 0.2) is 5.78 Å². The Hall–Kier alpha value is -1.88. The van der Waals surface area contributed by atoms with Crippen molar-refractivity contribution in [3.63, 3.8) is 0 Å². The van der Waals surface area contributed by atoms with Gasteiger partial charge in [-0.15, -0.1) is 0 Å². The summed E-state index contributed by atoms with van der Waals surface area (Å²) >= 11 is 0. The van der Waals surface area contributed by atoms with Crippen molar-refractivity contribution in [1.82, 2.24) is 5.32 Å². The molecule has 1 fully saturated rings. The van der Waals surface area contributed by atoms with E-state index in [4.69, 9.17) is 4.74 Å². The molecule has 1 aliphatic heterocycles. The molecule has 1 aromatic rings. The molecule has 0 radical (unpaired) electrons. The van der Waals surface area contributed by atoms with Crippen LogP contribution in [0.5, 0.6) is 0 Å². The van der Waals surface area contributed by atoms with Crippen LogP contribution in [0.3, 0.4) is 0 Å². The van der Waals surface area contributed by atoms with Crippen molar-refractivity contribution in [3.8, 4) is 0 Å². The van der Waals surface area contributed by atoms with E-state index in [0.29, 0.717) is 12.1 Å². The fraction of sp³-hybridized carbons (Fsp3) is 0.529. The lowest BCUT2D eigenvalue weighted by atomic mass is 10.1. The molecule has 0 bridgehead atoms. The van der Waals surface area contributed by atoms with Crippen molar-refractivity contribution in [2.45, 2.75) is 39.3 Å². The van der Waals surface area contributed by atoms with Gasteiger partial charge in [0.2, 0.25) is 0 Å². The average Bonchev–Trinajstić information content (AvgIpc) is 2.46. The number of rotatable bonds is 3. The Morgan fingerprint density at radius 1 is 1.23 bits per heavy atom. The van der Waals surface area contributed by atoms with Gasteiger partial charge >= 0.3 is 5.97 Å². The maximum atomic E-state index is 12.2. The summed E-state index contributed by atoms with van der Waals surface area (Å²) in [6.45, 7) is 9.26. The van der Waals surface area contributed by atoms with Gasteiger partial charge in [0.05, 0.1) is 0 Å². The monoisotopic (exact) mass is 304 g/mol. The van der Waals surface area contributed by atoms with E-state index >= 15 is 0 Å². The molecule has 0 aromatic heterocycles. The second-order valence-corrected chi connectivity index (χ2v) is 6.59. The summed E-state index contributed by atoms with van der Waals surface area (Å²) in [6, 6.07) is 7.16. The molecule has 22 heavy (non-hydrogen) atoms. The van der Waals surface area contributed by atoms with Gasteiger partial charge in [0.1, 0.15) is 11.6 Å². The predicted octanol–water partition coefficient (Wildman–Crippen LogP) is 2.01. The van der Waals surface area contributed by atoms with Gasteiger partial charge < -0.3 is 15.0 Å². The number of carbonyl (C=O) groups is 2. The van der Waals surface area contributed by atoms with Gasteiger partial charge in [0.25, 0.3) is 0 Å². The molecule has 120 valence electrons. The standard InChI is InChI=1S/C17H24N2O3/c1-12(20)13-5-7-14(8-6-13)19-10-9-18-15(11-19)16(21)22-17(2,3)4/h5-8,15,18H,9-11H2,1-4H3. The third-order valence-corrected chi connectivity index (χ3v) is 3.51. The van der Waals surface area contributed by atoms with Crippen molar-refractivity contribution in [1.29, 1.82) is 0 Å². The Morgan fingerprint density at radius 3 is 2.41 bits per heavy atom. The first-order valence-electron chi connectivity index (χ1n) is 7.58. The summed E-state index contributed by atoms with van der Waals surface area (Å²) in [5.74, 6) is -0.170. The molecule has 1 saturated heterocycles. The predicted molar refractivity (Wildman–Crippen MR) is 86.3 cm³/mol. The molecule has 1 aliphatic rings. The molecule has 0 amide bonds. The van der Waals surface area contributed by atoms with Crippen LogP contribution in [-0.4, -0.2) is 43.0 Å². The largest absolute Gasteiger partial charge is 0.459 e. The number of benzene rings is 1. The van der Waals surface area contributed by atoms with Gasteiger partial charge in [-0.2, -0.15) is 0 Å². The van der Waals surface area contributed by atoms with Crippen LogP contribution < -0.4 is 10.2 Å². The van der Waals surface area contributed by atoms with Crippen LogP contribution in [0.15, 0.2) is 24.3 Å². The summed E-state index contributed by atoms with van der Waals surface area (Å²) in [7, 11) is 0. The van der Waals surface area contributed by atoms with E-state index in [0.717, 1.165) is 18.8 Å². The first kappa shape index (κ1) is 16.5. The van der Waals surface area contributed by atoms with Crippen LogP contribution in [0.1, 0.15) is 38.1 Å². The third kappa shape index (κ3) is 4.31. The molecule has 0 aliphatic carbocycles. The number of carbonyl (C=O) groups excluding carboxylic acids is 2. The number of ketones is 1. The maximum absolute atomic E-state index is 12.2. The highest BCUT2D eigenvalue weighted by atomic mass is 16.6. The van der Waals surface area contributed by atoms with Gasteiger partial charge in [-0.05, 0) is 52.0 Å². The lowest BCUT2D eigenvalue weighted by molar-refractivity contribution is -0.157. The molecule has 0 saturated carbocycles.